The average Bonchev–Trinajstić information content (AvgIpc) is 2.93. The Morgan fingerprint density at radius 3 is 2.86 bits per heavy atom. The van der Waals surface area contributed by atoms with Gasteiger partial charge in [0, 0.05) is 32.2 Å². The van der Waals surface area contributed by atoms with E-state index in [4.69, 9.17) is 0 Å². The summed E-state index contributed by atoms with van der Waals surface area (Å²) in [5.41, 5.74) is 0.0210. The Bertz CT molecular complexity index is 506. The minimum absolute atomic E-state index is 0.0210. The van der Waals surface area contributed by atoms with Gasteiger partial charge in [-0.05, 0) is 38.8 Å². The number of likely N-dealkylation sites (tertiary alicyclic amines) is 1. The molecule has 21 heavy (non-hydrogen) atoms. The van der Waals surface area contributed by atoms with Crippen LogP contribution in [0.4, 0.5) is 17.3 Å². The second-order valence-electron chi connectivity index (χ2n) is 5.70. The van der Waals surface area contributed by atoms with Crippen LogP contribution in [-0.2, 0) is 0 Å². The van der Waals surface area contributed by atoms with Crippen LogP contribution in [0.15, 0.2) is 12.1 Å². The van der Waals surface area contributed by atoms with Gasteiger partial charge in [-0.2, -0.15) is 0 Å². The molecule has 1 aliphatic rings. The van der Waals surface area contributed by atoms with E-state index in [0.29, 0.717) is 30.1 Å². The lowest BCUT2D eigenvalue weighted by Crippen LogP contribution is -2.29. The molecule has 0 spiro atoms. The number of nitro groups is 1. The van der Waals surface area contributed by atoms with Gasteiger partial charge in [-0.3, -0.25) is 10.1 Å². The summed E-state index contributed by atoms with van der Waals surface area (Å²) >= 11 is 0. The molecular weight excluding hydrogens is 270 g/mol. The van der Waals surface area contributed by atoms with Crippen molar-refractivity contribution in [2.24, 2.45) is 5.92 Å². The Balaban J connectivity index is 2.01. The van der Waals surface area contributed by atoms with Gasteiger partial charge in [0.05, 0.1) is 4.92 Å². The third-order valence-corrected chi connectivity index (χ3v) is 3.93. The van der Waals surface area contributed by atoms with Gasteiger partial charge in [0.2, 0.25) is 5.82 Å². The molecule has 1 aromatic rings. The van der Waals surface area contributed by atoms with Gasteiger partial charge in [0.1, 0.15) is 5.82 Å². The van der Waals surface area contributed by atoms with Crippen LogP contribution in [0.2, 0.25) is 0 Å². The maximum absolute atomic E-state index is 11.1. The van der Waals surface area contributed by atoms with Crippen molar-refractivity contribution in [2.45, 2.75) is 26.3 Å². The highest BCUT2D eigenvalue weighted by Crippen LogP contribution is 2.25. The standard InChI is InChI=1S/C14H23N5O2/c1-10(2)18-7-6-11(9-18)8-16-14-12(19(20)21)4-5-13(15-3)17-14/h4-5,10-11H,6-9H2,1-3H3,(H2,15,16,17). The third-order valence-electron chi connectivity index (χ3n) is 3.93. The molecule has 2 rings (SSSR count). The molecule has 0 aromatic carbocycles. The molecule has 1 saturated heterocycles. The molecule has 1 unspecified atom stereocenters. The first kappa shape index (κ1) is 15.5. The molecule has 2 heterocycles. The van der Waals surface area contributed by atoms with Crippen LogP contribution in [0.1, 0.15) is 20.3 Å². The van der Waals surface area contributed by atoms with Gasteiger partial charge in [-0.15, -0.1) is 0 Å². The highest BCUT2D eigenvalue weighted by atomic mass is 16.6. The van der Waals surface area contributed by atoms with Crippen LogP contribution in [-0.4, -0.2) is 47.5 Å². The van der Waals surface area contributed by atoms with Gasteiger partial charge < -0.3 is 15.5 Å². The molecule has 0 amide bonds. The third kappa shape index (κ3) is 3.81. The normalized spacial score (nSPS) is 19.0. The fourth-order valence-corrected chi connectivity index (χ4v) is 2.61. The Morgan fingerprint density at radius 1 is 1.52 bits per heavy atom. The largest absolute Gasteiger partial charge is 0.373 e. The number of aromatic nitrogens is 1. The number of pyridine rings is 1. The number of nitrogens with zero attached hydrogens (tertiary/aromatic N) is 3. The van der Waals surface area contributed by atoms with Crippen molar-refractivity contribution in [3.63, 3.8) is 0 Å². The Morgan fingerprint density at radius 2 is 2.29 bits per heavy atom. The van der Waals surface area contributed by atoms with E-state index < -0.39 is 4.92 Å². The molecule has 0 saturated carbocycles. The maximum atomic E-state index is 11.1. The molecule has 1 aliphatic heterocycles. The van der Waals surface area contributed by atoms with Gasteiger partial charge in [-0.25, -0.2) is 4.98 Å². The van der Waals surface area contributed by atoms with Gasteiger partial charge in [0.25, 0.3) is 0 Å². The van der Waals surface area contributed by atoms with Crippen molar-refractivity contribution in [2.75, 3.05) is 37.3 Å². The number of nitrogens with one attached hydrogen (secondary N) is 2. The van der Waals surface area contributed by atoms with E-state index in [1.807, 2.05) is 0 Å². The van der Waals surface area contributed by atoms with Crippen molar-refractivity contribution >= 4 is 17.3 Å². The van der Waals surface area contributed by atoms with E-state index in [2.05, 4.69) is 34.4 Å². The summed E-state index contributed by atoms with van der Waals surface area (Å²) in [6, 6.07) is 3.64. The predicted octanol–water partition coefficient (Wildman–Crippen LogP) is 2.17. The van der Waals surface area contributed by atoms with Crippen molar-refractivity contribution in [3.8, 4) is 0 Å². The summed E-state index contributed by atoms with van der Waals surface area (Å²) < 4.78 is 0. The van der Waals surface area contributed by atoms with Crippen LogP contribution in [0, 0.1) is 16.0 Å². The lowest BCUT2D eigenvalue weighted by Gasteiger charge is -2.20. The zero-order valence-electron chi connectivity index (χ0n) is 12.8. The molecule has 116 valence electrons. The average molecular weight is 293 g/mol. The number of hydrogen-bond donors (Lipinski definition) is 2. The quantitative estimate of drug-likeness (QED) is 0.618. The van der Waals surface area contributed by atoms with E-state index in [9.17, 15) is 10.1 Å². The highest BCUT2D eigenvalue weighted by molar-refractivity contribution is 5.60. The number of hydrogen-bond acceptors (Lipinski definition) is 6. The van der Waals surface area contributed by atoms with Crippen LogP contribution in [0.5, 0.6) is 0 Å². The lowest BCUT2D eigenvalue weighted by atomic mass is 10.1. The lowest BCUT2D eigenvalue weighted by molar-refractivity contribution is -0.384. The van der Waals surface area contributed by atoms with Crippen LogP contribution in [0.3, 0.4) is 0 Å². The van der Waals surface area contributed by atoms with Crippen molar-refractivity contribution < 1.29 is 4.92 Å². The van der Waals surface area contributed by atoms with E-state index in [0.717, 1.165) is 19.5 Å². The second-order valence-corrected chi connectivity index (χ2v) is 5.70. The fraction of sp³-hybridized carbons (Fsp3) is 0.643. The maximum Gasteiger partial charge on any atom is 0.311 e. The van der Waals surface area contributed by atoms with E-state index >= 15 is 0 Å². The molecule has 1 aromatic heterocycles. The fourth-order valence-electron chi connectivity index (χ4n) is 2.61. The monoisotopic (exact) mass is 293 g/mol. The Kier molecular flexibility index (Phi) is 4.95. The molecule has 7 nitrogen and oxygen atoms in total. The minimum atomic E-state index is -0.399. The molecule has 0 aliphatic carbocycles. The summed E-state index contributed by atoms with van der Waals surface area (Å²) in [7, 11) is 1.75. The topological polar surface area (TPSA) is 83.3 Å². The molecule has 0 bridgehead atoms. The zero-order valence-corrected chi connectivity index (χ0v) is 12.8. The Hall–Kier alpha value is -1.89. The molecule has 1 fully saturated rings. The summed E-state index contributed by atoms with van der Waals surface area (Å²) in [5.74, 6) is 1.47. The van der Waals surface area contributed by atoms with Crippen LogP contribution >= 0.6 is 0 Å². The summed E-state index contributed by atoms with van der Waals surface area (Å²) in [6.07, 6.45) is 1.12. The van der Waals surface area contributed by atoms with Crippen LogP contribution < -0.4 is 10.6 Å². The van der Waals surface area contributed by atoms with E-state index in [-0.39, 0.29) is 5.69 Å². The molecule has 2 N–H and O–H groups in total. The first-order valence-electron chi connectivity index (χ1n) is 7.32. The SMILES string of the molecule is CNc1ccc([N+](=O)[O-])c(NCC2CCN(C(C)C)C2)n1. The summed E-state index contributed by atoms with van der Waals surface area (Å²) in [4.78, 5) is 17.3. The highest BCUT2D eigenvalue weighted by Gasteiger charge is 2.25. The van der Waals surface area contributed by atoms with Crippen molar-refractivity contribution in [1.29, 1.82) is 0 Å². The predicted molar refractivity (Wildman–Crippen MR) is 83.7 cm³/mol. The smallest absolute Gasteiger partial charge is 0.311 e. The minimum Gasteiger partial charge on any atom is -0.373 e. The number of anilines is 2. The summed E-state index contributed by atoms with van der Waals surface area (Å²) in [5, 5.41) is 17.1. The molecule has 7 heteroatoms. The van der Waals surface area contributed by atoms with E-state index in [1.54, 1.807) is 13.1 Å². The zero-order chi connectivity index (χ0) is 15.4. The molecule has 1 atom stereocenters. The van der Waals surface area contributed by atoms with Crippen molar-refractivity contribution in [1.82, 2.24) is 9.88 Å². The van der Waals surface area contributed by atoms with Gasteiger partial charge in [0.15, 0.2) is 0 Å². The Labute approximate surface area is 124 Å². The van der Waals surface area contributed by atoms with Gasteiger partial charge >= 0.3 is 5.69 Å². The first-order valence-corrected chi connectivity index (χ1v) is 7.32. The number of rotatable bonds is 6. The second kappa shape index (κ2) is 6.71. The molecule has 0 radical (unpaired) electrons. The van der Waals surface area contributed by atoms with Gasteiger partial charge in [-0.1, -0.05) is 0 Å². The van der Waals surface area contributed by atoms with Crippen molar-refractivity contribution in [3.05, 3.63) is 22.2 Å². The summed E-state index contributed by atoms with van der Waals surface area (Å²) in [6.45, 7) is 7.22. The van der Waals surface area contributed by atoms with E-state index in [1.165, 1.54) is 6.07 Å². The molecular formula is C14H23N5O2. The first-order chi connectivity index (χ1) is 10.0. The van der Waals surface area contributed by atoms with Crippen LogP contribution in [0.25, 0.3) is 0 Å².